The van der Waals surface area contributed by atoms with Crippen molar-refractivity contribution >= 4 is 28.3 Å². The Kier molecular flexibility index (Phi) is 4.07. The van der Waals surface area contributed by atoms with Crippen molar-refractivity contribution in [1.82, 2.24) is 14.8 Å². The molecule has 2 amide bonds. The maximum absolute atomic E-state index is 12.6. The van der Waals surface area contributed by atoms with E-state index in [0.29, 0.717) is 50.1 Å². The number of likely N-dealkylation sites (tertiary alicyclic amines) is 1. The number of nitrogens with zero attached hydrogens (tertiary/aromatic N) is 3. The highest BCUT2D eigenvalue weighted by Gasteiger charge is 2.37. The summed E-state index contributed by atoms with van der Waals surface area (Å²) in [7, 11) is 0. The van der Waals surface area contributed by atoms with Crippen LogP contribution in [-0.4, -0.2) is 65.5 Å². The van der Waals surface area contributed by atoms with Crippen molar-refractivity contribution in [2.75, 3.05) is 38.6 Å². The lowest BCUT2D eigenvalue weighted by Crippen LogP contribution is -2.51. The number of morpholine rings is 1. The number of amides is 2. The van der Waals surface area contributed by atoms with Crippen LogP contribution in [0.1, 0.15) is 23.3 Å². The fourth-order valence-electron chi connectivity index (χ4n) is 2.79. The van der Waals surface area contributed by atoms with Crippen molar-refractivity contribution in [2.24, 2.45) is 0 Å². The molecule has 0 bridgehead atoms. The molecule has 21 heavy (non-hydrogen) atoms. The Morgan fingerprint density at radius 2 is 2.10 bits per heavy atom. The number of carbonyl (C=O) groups excluding carboxylic acids is 2. The molecule has 0 aliphatic carbocycles. The molecular weight excluding hydrogens is 292 g/mol. The Balaban J connectivity index is 1.72. The van der Waals surface area contributed by atoms with Gasteiger partial charge in [-0.2, -0.15) is 0 Å². The molecule has 3 heterocycles. The molecule has 1 aromatic heterocycles. The smallest absolute Gasteiger partial charge is 0.274 e. The second-order valence-electron chi connectivity index (χ2n) is 5.17. The lowest BCUT2D eigenvalue weighted by atomic mass is 10.1. The van der Waals surface area contributed by atoms with Crippen LogP contribution in [0.15, 0.2) is 5.38 Å². The number of aromatic nitrogens is 1. The number of hydrogen-bond acceptors (Lipinski definition) is 6. The number of anilines is 1. The van der Waals surface area contributed by atoms with E-state index in [2.05, 4.69) is 4.98 Å². The zero-order valence-electron chi connectivity index (χ0n) is 11.7. The first kappa shape index (κ1) is 14.3. The molecule has 8 heteroatoms. The topological polar surface area (TPSA) is 88.8 Å². The summed E-state index contributed by atoms with van der Waals surface area (Å²) >= 11 is 1.24. The molecule has 0 aromatic carbocycles. The Labute approximate surface area is 126 Å². The predicted octanol–water partition coefficient (Wildman–Crippen LogP) is 0.189. The molecule has 2 aliphatic heterocycles. The monoisotopic (exact) mass is 310 g/mol. The second kappa shape index (κ2) is 5.98. The normalized spacial score (nSPS) is 22.6. The van der Waals surface area contributed by atoms with Gasteiger partial charge in [0.15, 0.2) is 5.13 Å². The minimum Gasteiger partial charge on any atom is -0.378 e. The van der Waals surface area contributed by atoms with E-state index in [1.807, 2.05) is 0 Å². The maximum Gasteiger partial charge on any atom is 0.274 e. The summed E-state index contributed by atoms with van der Waals surface area (Å²) in [5.41, 5.74) is 5.91. The Bertz CT molecular complexity index is 541. The number of thiazole rings is 1. The molecule has 0 saturated carbocycles. The van der Waals surface area contributed by atoms with Crippen molar-refractivity contribution < 1.29 is 14.3 Å². The molecule has 7 nitrogen and oxygen atoms in total. The Hall–Kier alpha value is -1.67. The third-order valence-electron chi connectivity index (χ3n) is 3.86. The fraction of sp³-hybridized carbons (Fsp3) is 0.615. The number of hydrogen-bond donors (Lipinski definition) is 1. The van der Waals surface area contributed by atoms with E-state index in [1.54, 1.807) is 15.2 Å². The van der Waals surface area contributed by atoms with Crippen LogP contribution in [0.3, 0.4) is 0 Å². The van der Waals surface area contributed by atoms with E-state index in [-0.39, 0.29) is 17.9 Å². The summed E-state index contributed by atoms with van der Waals surface area (Å²) < 4.78 is 5.26. The van der Waals surface area contributed by atoms with Gasteiger partial charge in [-0.15, -0.1) is 11.3 Å². The van der Waals surface area contributed by atoms with E-state index in [4.69, 9.17) is 10.5 Å². The van der Waals surface area contributed by atoms with Gasteiger partial charge in [-0.25, -0.2) is 4.98 Å². The summed E-state index contributed by atoms with van der Waals surface area (Å²) in [6, 6.07) is -0.376. The van der Waals surface area contributed by atoms with Crippen molar-refractivity contribution in [3.8, 4) is 0 Å². The summed E-state index contributed by atoms with van der Waals surface area (Å²) in [6.07, 6.45) is 1.55. The first-order chi connectivity index (χ1) is 10.2. The number of rotatable bonds is 2. The van der Waals surface area contributed by atoms with Crippen LogP contribution in [0.5, 0.6) is 0 Å². The van der Waals surface area contributed by atoms with Crippen LogP contribution in [0.4, 0.5) is 5.13 Å². The lowest BCUT2D eigenvalue weighted by molar-refractivity contribution is -0.139. The minimum absolute atomic E-state index is 0.0207. The zero-order chi connectivity index (χ0) is 14.8. The number of nitrogens with two attached hydrogens (primary N) is 1. The molecule has 1 unspecified atom stereocenters. The highest BCUT2D eigenvalue weighted by molar-refractivity contribution is 7.13. The van der Waals surface area contributed by atoms with Crippen LogP contribution >= 0.6 is 11.3 Å². The molecule has 0 radical (unpaired) electrons. The highest BCUT2D eigenvalue weighted by atomic mass is 32.1. The van der Waals surface area contributed by atoms with E-state index < -0.39 is 0 Å². The van der Waals surface area contributed by atoms with Crippen molar-refractivity contribution in [1.29, 1.82) is 0 Å². The van der Waals surface area contributed by atoms with Gasteiger partial charge in [0.2, 0.25) is 5.91 Å². The number of carbonyl (C=O) groups is 2. The van der Waals surface area contributed by atoms with Crippen molar-refractivity contribution in [3.63, 3.8) is 0 Å². The molecule has 2 fully saturated rings. The molecule has 1 aromatic rings. The minimum atomic E-state index is -0.376. The number of ether oxygens (including phenoxy) is 1. The van der Waals surface area contributed by atoms with Gasteiger partial charge >= 0.3 is 0 Å². The Morgan fingerprint density at radius 1 is 1.33 bits per heavy atom. The van der Waals surface area contributed by atoms with E-state index >= 15 is 0 Å². The van der Waals surface area contributed by atoms with E-state index in [9.17, 15) is 9.59 Å². The highest BCUT2D eigenvalue weighted by Crippen LogP contribution is 2.23. The summed E-state index contributed by atoms with van der Waals surface area (Å²) in [5, 5.41) is 2.01. The average molecular weight is 310 g/mol. The predicted molar refractivity (Wildman–Crippen MR) is 78.0 cm³/mol. The van der Waals surface area contributed by atoms with Gasteiger partial charge < -0.3 is 20.3 Å². The maximum atomic E-state index is 12.6. The summed E-state index contributed by atoms with van der Waals surface area (Å²) in [5.74, 6) is -0.181. The first-order valence-corrected chi connectivity index (χ1v) is 7.93. The average Bonchev–Trinajstić information content (AvgIpc) is 3.15. The third-order valence-corrected chi connectivity index (χ3v) is 4.54. The van der Waals surface area contributed by atoms with Crippen LogP contribution in [-0.2, 0) is 9.53 Å². The van der Waals surface area contributed by atoms with Gasteiger partial charge in [0.05, 0.1) is 13.2 Å². The SMILES string of the molecule is Nc1nc(C(=O)N2CCCC2C(=O)N2CCOCC2)cs1. The van der Waals surface area contributed by atoms with Crippen LogP contribution in [0.25, 0.3) is 0 Å². The van der Waals surface area contributed by atoms with Crippen LogP contribution in [0.2, 0.25) is 0 Å². The molecule has 2 N–H and O–H groups in total. The molecule has 3 rings (SSSR count). The second-order valence-corrected chi connectivity index (χ2v) is 6.05. The fourth-order valence-corrected chi connectivity index (χ4v) is 3.33. The first-order valence-electron chi connectivity index (χ1n) is 7.05. The Morgan fingerprint density at radius 3 is 2.76 bits per heavy atom. The van der Waals surface area contributed by atoms with Crippen LogP contribution in [0, 0.1) is 0 Å². The molecule has 114 valence electrons. The quantitative estimate of drug-likeness (QED) is 0.842. The third kappa shape index (κ3) is 2.86. The van der Waals surface area contributed by atoms with Crippen LogP contribution < -0.4 is 5.73 Å². The summed E-state index contributed by atoms with van der Waals surface area (Å²) in [6.45, 7) is 2.92. The van der Waals surface area contributed by atoms with E-state index in [1.165, 1.54) is 11.3 Å². The van der Waals surface area contributed by atoms with Gasteiger partial charge in [-0.1, -0.05) is 0 Å². The molecule has 1 atom stereocenters. The van der Waals surface area contributed by atoms with Crippen molar-refractivity contribution in [3.05, 3.63) is 11.1 Å². The lowest BCUT2D eigenvalue weighted by Gasteiger charge is -2.32. The van der Waals surface area contributed by atoms with Gasteiger partial charge in [0, 0.05) is 25.0 Å². The number of nitrogen functional groups attached to an aromatic ring is 1. The van der Waals surface area contributed by atoms with E-state index in [0.717, 1.165) is 6.42 Å². The zero-order valence-corrected chi connectivity index (χ0v) is 12.5. The molecular formula is C13H18N4O3S. The largest absolute Gasteiger partial charge is 0.378 e. The van der Waals surface area contributed by atoms with Gasteiger partial charge in [-0.3, -0.25) is 9.59 Å². The molecule has 2 saturated heterocycles. The standard InChI is InChI=1S/C13H18N4O3S/c14-13-15-9(8-21-13)11(18)17-3-1-2-10(17)12(19)16-4-6-20-7-5-16/h8,10H,1-7H2,(H2,14,15). The van der Waals surface area contributed by atoms with Gasteiger partial charge in [-0.05, 0) is 12.8 Å². The van der Waals surface area contributed by atoms with Gasteiger partial charge in [0.25, 0.3) is 5.91 Å². The van der Waals surface area contributed by atoms with Gasteiger partial charge in [0.1, 0.15) is 11.7 Å². The molecule has 2 aliphatic rings. The summed E-state index contributed by atoms with van der Waals surface area (Å²) in [4.78, 5) is 32.5. The van der Waals surface area contributed by atoms with Crippen molar-refractivity contribution in [2.45, 2.75) is 18.9 Å². The molecule has 0 spiro atoms.